The highest BCUT2D eigenvalue weighted by atomic mass is 16.5. The molecule has 1 unspecified atom stereocenters. The molecule has 1 atom stereocenters. The van der Waals surface area contributed by atoms with Crippen molar-refractivity contribution in [3.63, 3.8) is 0 Å². The average molecular weight is 208 g/mol. The molecule has 1 aromatic carbocycles. The Morgan fingerprint density at radius 3 is 2.73 bits per heavy atom. The Hall–Kier alpha value is -1.51. The summed E-state index contributed by atoms with van der Waals surface area (Å²) in [6.07, 6.45) is 1.00. The maximum Gasteiger partial charge on any atom is 0.336 e. The molecule has 1 rings (SSSR count). The zero-order valence-electron chi connectivity index (χ0n) is 9.28. The van der Waals surface area contributed by atoms with Gasteiger partial charge < -0.3 is 9.84 Å². The van der Waals surface area contributed by atoms with Crippen LogP contribution in [0.2, 0.25) is 0 Å². The van der Waals surface area contributed by atoms with Crippen LogP contribution in [0.3, 0.4) is 0 Å². The number of hydrogen-bond acceptors (Lipinski definition) is 2. The van der Waals surface area contributed by atoms with E-state index in [4.69, 9.17) is 9.84 Å². The van der Waals surface area contributed by atoms with Crippen LogP contribution in [0, 0.1) is 6.92 Å². The van der Waals surface area contributed by atoms with Crippen LogP contribution >= 0.6 is 0 Å². The van der Waals surface area contributed by atoms with Gasteiger partial charge in [0.05, 0.1) is 11.7 Å². The molecule has 0 fully saturated rings. The first-order valence-electron chi connectivity index (χ1n) is 5.05. The molecule has 0 amide bonds. The first-order chi connectivity index (χ1) is 7.04. The van der Waals surface area contributed by atoms with Crippen LogP contribution < -0.4 is 4.74 Å². The molecule has 0 radical (unpaired) electrons. The number of carboxylic acid groups (broad SMARTS) is 1. The molecule has 3 heteroatoms. The predicted molar refractivity (Wildman–Crippen MR) is 58.5 cm³/mol. The van der Waals surface area contributed by atoms with E-state index in [2.05, 4.69) is 0 Å². The largest absolute Gasteiger partial charge is 0.491 e. The first kappa shape index (κ1) is 11.6. The SMILES string of the molecule is CCC(C)Oc1ccc(C)c(C(=O)O)c1. The van der Waals surface area contributed by atoms with E-state index in [-0.39, 0.29) is 6.10 Å². The Bertz CT molecular complexity index is 358. The van der Waals surface area contributed by atoms with Crippen LogP contribution in [-0.4, -0.2) is 17.2 Å². The summed E-state index contributed by atoms with van der Waals surface area (Å²) in [6.45, 7) is 5.76. The number of aromatic carboxylic acids is 1. The fraction of sp³-hybridized carbons (Fsp3) is 0.417. The van der Waals surface area contributed by atoms with Crippen molar-refractivity contribution in [2.45, 2.75) is 33.3 Å². The van der Waals surface area contributed by atoms with Crippen molar-refractivity contribution in [3.05, 3.63) is 29.3 Å². The van der Waals surface area contributed by atoms with Gasteiger partial charge in [0.2, 0.25) is 0 Å². The second kappa shape index (κ2) is 4.82. The third-order valence-corrected chi connectivity index (χ3v) is 2.35. The highest BCUT2D eigenvalue weighted by Gasteiger charge is 2.09. The number of rotatable bonds is 4. The molecule has 0 heterocycles. The van der Waals surface area contributed by atoms with Crippen molar-refractivity contribution in [2.75, 3.05) is 0 Å². The van der Waals surface area contributed by atoms with Crippen molar-refractivity contribution >= 4 is 5.97 Å². The predicted octanol–water partition coefficient (Wildman–Crippen LogP) is 2.87. The average Bonchev–Trinajstić information content (AvgIpc) is 2.20. The first-order valence-corrected chi connectivity index (χ1v) is 5.05. The highest BCUT2D eigenvalue weighted by molar-refractivity contribution is 5.89. The minimum atomic E-state index is -0.915. The van der Waals surface area contributed by atoms with Gasteiger partial charge in [-0.1, -0.05) is 13.0 Å². The summed E-state index contributed by atoms with van der Waals surface area (Å²) in [7, 11) is 0. The summed E-state index contributed by atoms with van der Waals surface area (Å²) < 4.78 is 5.55. The van der Waals surface area contributed by atoms with Gasteiger partial charge in [-0.15, -0.1) is 0 Å². The van der Waals surface area contributed by atoms with Crippen LogP contribution in [0.1, 0.15) is 36.2 Å². The molecular formula is C12H16O3. The van der Waals surface area contributed by atoms with E-state index in [1.807, 2.05) is 13.8 Å². The molecule has 0 bridgehead atoms. The van der Waals surface area contributed by atoms with E-state index in [9.17, 15) is 4.79 Å². The van der Waals surface area contributed by atoms with Crippen LogP contribution in [-0.2, 0) is 0 Å². The fourth-order valence-corrected chi connectivity index (χ4v) is 1.22. The van der Waals surface area contributed by atoms with Crippen molar-refractivity contribution < 1.29 is 14.6 Å². The number of benzene rings is 1. The van der Waals surface area contributed by atoms with Crippen molar-refractivity contribution in [1.29, 1.82) is 0 Å². The molecule has 0 spiro atoms. The molecule has 0 aliphatic heterocycles. The number of aryl methyl sites for hydroxylation is 1. The van der Waals surface area contributed by atoms with Crippen LogP contribution in [0.15, 0.2) is 18.2 Å². The summed E-state index contributed by atoms with van der Waals surface area (Å²) in [4.78, 5) is 10.9. The summed E-state index contributed by atoms with van der Waals surface area (Å²) in [6, 6.07) is 5.14. The number of carboxylic acids is 1. The van der Waals surface area contributed by atoms with Gasteiger partial charge in [-0.2, -0.15) is 0 Å². The maximum atomic E-state index is 10.9. The maximum absolute atomic E-state index is 10.9. The van der Waals surface area contributed by atoms with E-state index in [1.54, 1.807) is 25.1 Å². The van der Waals surface area contributed by atoms with Gasteiger partial charge in [-0.3, -0.25) is 0 Å². The Labute approximate surface area is 89.7 Å². The molecular weight excluding hydrogens is 192 g/mol. The Morgan fingerprint density at radius 1 is 1.53 bits per heavy atom. The number of carbonyl (C=O) groups is 1. The highest BCUT2D eigenvalue weighted by Crippen LogP contribution is 2.19. The van der Waals surface area contributed by atoms with Gasteiger partial charge in [0.25, 0.3) is 0 Å². The minimum absolute atomic E-state index is 0.106. The zero-order valence-corrected chi connectivity index (χ0v) is 9.28. The van der Waals surface area contributed by atoms with E-state index in [1.165, 1.54) is 0 Å². The topological polar surface area (TPSA) is 46.5 Å². The molecule has 0 aliphatic carbocycles. The smallest absolute Gasteiger partial charge is 0.336 e. The normalized spacial score (nSPS) is 12.2. The lowest BCUT2D eigenvalue weighted by Crippen LogP contribution is -2.10. The van der Waals surface area contributed by atoms with Crippen LogP contribution in [0.5, 0.6) is 5.75 Å². The van der Waals surface area contributed by atoms with Gasteiger partial charge in [0.15, 0.2) is 0 Å². The van der Waals surface area contributed by atoms with E-state index >= 15 is 0 Å². The van der Waals surface area contributed by atoms with Crippen molar-refractivity contribution in [2.24, 2.45) is 0 Å². The van der Waals surface area contributed by atoms with Crippen molar-refractivity contribution in [1.82, 2.24) is 0 Å². The number of hydrogen-bond donors (Lipinski definition) is 1. The number of ether oxygens (including phenoxy) is 1. The van der Waals surface area contributed by atoms with E-state index in [0.29, 0.717) is 11.3 Å². The standard InChI is InChI=1S/C12H16O3/c1-4-9(3)15-10-6-5-8(2)11(7-10)12(13)14/h5-7,9H,4H2,1-3H3,(H,13,14). The Balaban J connectivity index is 2.92. The van der Waals surface area contributed by atoms with Gasteiger partial charge in [-0.05, 0) is 38.0 Å². The fourth-order valence-electron chi connectivity index (χ4n) is 1.22. The summed E-state index contributed by atoms with van der Waals surface area (Å²) in [5.41, 5.74) is 1.05. The van der Waals surface area contributed by atoms with Gasteiger partial charge >= 0.3 is 5.97 Å². The van der Waals surface area contributed by atoms with Gasteiger partial charge in [-0.25, -0.2) is 4.79 Å². The third kappa shape index (κ3) is 2.98. The Kier molecular flexibility index (Phi) is 3.72. The molecule has 0 saturated carbocycles. The van der Waals surface area contributed by atoms with E-state index in [0.717, 1.165) is 12.0 Å². The molecule has 0 aromatic heterocycles. The summed E-state index contributed by atoms with van der Waals surface area (Å²) >= 11 is 0. The molecule has 3 nitrogen and oxygen atoms in total. The molecule has 1 N–H and O–H groups in total. The monoisotopic (exact) mass is 208 g/mol. The minimum Gasteiger partial charge on any atom is -0.491 e. The van der Waals surface area contributed by atoms with E-state index < -0.39 is 5.97 Å². The third-order valence-electron chi connectivity index (χ3n) is 2.35. The molecule has 82 valence electrons. The molecule has 0 aliphatic rings. The lowest BCUT2D eigenvalue weighted by atomic mass is 10.1. The lowest BCUT2D eigenvalue weighted by Gasteiger charge is -2.13. The van der Waals surface area contributed by atoms with Gasteiger partial charge in [0, 0.05) is 0 Å². The van der Waals surface area contributed by atoms with Crippen LogP contribution in [0.25, 0.3) is 0 Å². The summed E-state index contributed by atoms with van der Waals surface area (Å²) in [5, 5.41) is 8.93. The zero-order chi connectivity index (χ0) is 11.4. The molecule has 0 saturated heterocycles. The quantitative estimate of drug-likeness (QED) is 0.827. The molecule has 15 heavy (non-hydrogen) atoms. The Morgan fingerprint density at radius 2 is 2.20 bits per heavy atom. The lowest BCUT2D eigenvalue weighted by molar-refractivity contribution is 0.0695. The van der Waals surface area contributed by atoms with Crippen LogP contribution in [0.4, 0.5) is 0 Å². The summed E-state index contributed by atoms with van der Waals surface area (Å²) in [5.74, 6) is -0.297. The van der Waals surface area contributed by atoms with Crippen molar-refractivity contribution in [3.8, 4) is 5.75 Å². The second-order valence-electron chi connectivity index (χ2n) is 3.62. The molecule has 1 aromatic rings. The second-order valence-corrected chi connectivity index (χ2v) is 3.62. The van der Waals surface area contributed by atoms with Gasteiger partial charge in [0.1, 0.15) is 5.75 Å².